The summed E-state index contributed by atoms with van der Waals surface area (Å²) >= 11 is 0. The molecule has 0 bridgehead atoms. The van der Waals surface area contributed by atoms with Crippen LogP contribution in [0.2, 0.25) is 0 Å². The summed E-state index contributed by atoms with van der Waals surface area (Å²) in [5, 5.41) is 7.23. The highest BCUT2D eigenvalue weighted by molar-refractivity contribution is 5.82. The first-order valence-corrected chi connectivity index (χ1v) is 8.21. The van der Waals surface area contributed by atoms with Crippen LogP contribution in [0.25, 0.3) is 0 Å². The van der Waals surface area contributed by atoms with Crippen LogP contribution in [-0.2, 0) is 22.6 Å². The van der Waals surface area contributed by atoms with Crippen molar-refractivity contribution in [3.8, 4) is 0 Å². The molecule has 6 heteroatoms. The first kappa shape index (κ1) is 16.7. The van der Waals surface area contributed by atoms with Gasteiger partial charge in [-0.15, -0.1) is 0 Å². The van der Waals surface area contributed by atoms with Gasteiger partial charge in [-0.3, -0.25) is 14.4 Å². The van der Waals surface area contributed by atoms with E-state index in [1.165, 1.54) is 5.56 Å². The number of carbonyl (C=O) groups excluding carboxylic acids is 1. The number of methoxy groups -OCH3 is 1. The Bertz CT molecular complexity index is 654. The van der Waals surface area contributed by atoms with E-state index in [4.69, 9.17) is 4.74 Å². The molecule has 0 radical (unpaired) electrons. The minimum atomic E-state index is -0.103. The average molecular weight is 328 g/mol. The maximum atomic E-state index is 12.3. The van der Waals surface area contributed by atoms with E-state index in [2.05, 4.69) is 39.6 Å². The highest BCUT2D eigenvalue weighted by atomic mass is 16.5. The molecule has 2 atom stereocenters. The minimum Gasteiger partial charge on any atom is -0.380 e. The maximum Gasteiger partial charge on any atom is 0.237 e. The van der Waals surface area contributed by atoms with Crippen LogP contribution >= 0.6 is 0 Å². The molecule has 24 heavy (non-hydrogen) atoms. The smallest absolute Gasteiger partial charge is 0.237 e. The number of nitrogens with one attached hydrogen (secondary N) is 1. The van der Waals surface area contributed by atoms with Gasteiger partial charge in [-0.2, -0.15) is 5.10 Å². The largest absolute Gasteiger partial charge is 0.380 e. The number of hydrogen-bond acceptors (Lipinski definition) is 4. The summed E-state index contributed by atoms with van der Waals surface area (Å²) in [7, 11) is 3.66. The van der Waals surface area contributed by atoms with E-state index in [0.717, 1.165) is 25.1 Å². The number of hydrogen-bond donors (Lipinski definition) is 1. The molecular weight excluding hydrogens is 304 g/mol. The van der Waals surface area contributed by atoms with Gasteiger partial charge in [-0.05, 0) is 30.7 Å². The fourth-order valence-corrected chi connectivity index (χ4v) is 3.08. The van der Waals surface area contributed by atoms with Crippen molar-refractivity contribution in [3.63, 3.8) is 0 Å². The van der Waals surface area contributed by atoms with Crippen LogP contribution in [0.4, 0.5) is 0 Å². The number of carbonyl (C=O) groups is 1. The van der Waals surface area contributed by atoms with E-state index in [1.54, 1.807) is 13.3 Å². The standard InChI is InChI=1S/C18H24N4O2/c1-21-13-16(24-2)10-17(21)18(23)19-11-14-4-6-15(7-5-14)12-22-9-3-8-20-22/h3-9,16-17H,10-13H2,1-2H3,(H,19,23)/t16-,17-/m0/s1. The number of ether oxygens (including phenoxy) is 1. The number of rotatable bonds is 6. The molecule has 1 aliphatic heterocycles. The predicted molar refractivity (Wildman–Crippen MR) is 91.4 cm³/mol. The van der Waals surface area contributed by atoms with E-state index < -0.39 is 0 Å². The summed E-state index contributed by atoms with van der Waals surface area (Å²) in [6.45, 7) is 2.10. The molecule has 0 aliphatic carbocycles. The number of likely N-dealkylation sites (tertiary alicyclic amines) is 1. The lowest BCUT2D eigenvalue weighted by Crippen LogP contribution is -2.41. The Labute approximate surface area is 142 Å². The third kappa shape index (κ3) is 4.01. The first-order chi connectivity index (χ1) is 11.7. The zero-order chi connectivity index (χ0) is 16.9. The lowest BCUT2D eigenvalue weighted by atomic mass is 10.1. The third-order valence-corrected chi connectivity index (χ3v) is 4.54. The molecule has 3 rings (SSSR count). The number of nitrogens with zero attached hydrogens (tertiary/aromatic N) is 3. The SMILES string of the molecule is CO[C@H]1C[C@@H](C(=O)NCc2ccc(Cn3cccn3)cc2)N(C)C1. The second kappa shape index (κ2) is 7.59. The Morgan fingerprint density at radius 3 is 2.71 bits per heavy atom. The van der Waals surface area contributed by atoms with Crippen LogP contribution < -0.4 is 5.32 Å². The molecule has 1 aromatic carbocycles. The van der Waals surface area contributed by atoms with Gasteiger partial charge in [-0.1, -0.05) is 24.3 Å². The first-order valence-electron chi connectivity index (χ1n) is 8.21. The molecule has 0 unspecified atom stereocenters. The van der Waals surface area contributed by atoms with Gasteiger partial charge < -0.3 is 10.1 Å². The molecule has 1 amide bonds. The number of amides is 1. The average Bonchev–Trinajstić information content (AvgIpc) is 3.23. The molecule has 1 saturated heterocycles. The quantitative estimate of drug-likeness (QED) is 0.867. The number of aromatic nitrogens is 2. The third-order valence-electron chi connectivity index (χ3n) is 4.54. The van der Waals surface area contributed by atoms with E-state index in [0.29, 0.717) is 6.54 Å². The van der Waals surface area contributed by atoms with E-state index in [9.17, 15) is 4.79 Å². The highest BCUT2D eigenvalue weighted by Gasteiger charge is 2.34. The van der Waals surface area contributed by atoms with Gasteiger partial charge in [0.05, 0.1) is 18.7 Å². The molecule has 1 aliphatic rings. The van der Waals surface area contributed by atoms with Gasteiger partial charge in [0.1, 0.15) is 0 Å². The second-order valence-electron chi connectivity index (χ2n) is 6.29. The number of benzene rings is 1. The lowest BCUT2D eigenvalue weighted by Gasteiger charge is -2.18. The Balaban J connectivity index is 1.50. The molecule has 1 N–H and O–H groups in total. The molecular formula is C18H24N4O2. The van der Waals surface area contributed by atoms with Crippen molar-refractivity contribution in [2.24, 2.45) is 0 Å². The van der Waals surface area contributed by atoms with Crippen molar-refractivity contribution in [3.05, 3.63) is 53.9 Å². The molecule has 128 valence electrons. The van der Waals surface area contributed by atoms with Gasteiger partial charge in [0.15, 0.2) is 0 Å². The van der Waals surface area contributed by atoms with Crippen molar-refractivity contribution in [1.82, 2.24) is 20.0 Å². The summed E-state index contributed by atoms with van der Waals surface area (Å²) in [6.07, 6.45) is 4.62. The van der Waals surface area contributed by atoms with E-state index >= 15 is 0 Å². The van der Waals surface area contributed by atoms with Gasteiger partial charge in [0.25, 0.3) is 0 Å². The molecule has 2 aromatic rings. The van der Waals surface area contributed by atoms with Gasteiger partial charge in [0.2, 0.25) is 5.91 Å². The summed E-state index contributed by atoms with van der Waals surface area (Å²) in [5.41, 5.74) is 2.28. The van der Waals surface area contributed by atoms with E-state index in [1.807, 2.05) is 24.0 Å². The van der Waals surface area contributed by atoms with Crippen molar-refractivity contribution in [1.29, 1.82) is 0 Å². The summed E-state index contributed by atoms with van der Waals surface area (Å²) < 4.78 is 7.24. The van der Waals surface area contributed by atoms with E-state index in [-0.39, 0.29) is 18.1 Å². The normalized spacial score (nSPS) is 21.1. The number of likely N-dealkylation sites (N-methyl/N-ethyl adjacent to an activating group) is 1. The summed E-state index contributed by atoms with van der Waals surface area (Å²) in [6, 6.07) is 10.1. The van der Waals surface area contributed by atoms with Crippen LogP contribution in [0.3, 0.4) is 0 Å². The van der Waals surface area contributed by atoms with Gasteiger partial charge >= 0.3 is 0 Å². The second-order valence-corrected chi connectivity index (χ2v) is 6.29. The monoisotopic (exact) mass is 328 g/mol. The molecule has 2 heterocycles. The zero-order valence-electron chi connectivity index (χ0n) is 14.2. The van der Waals surface area contributed by atoms with Crippen LogP contribution in [0.15, 0.2) is 42.7 Å². The molecule has 1 aromatic heterocycles. The molecule has 1 fully saturated rings. The van der Waals surface area contributed by atoms with Crippen molar-refractivity contribution in [2.45, 2.75) is 31.7 Å². The van der Waals surface area contributed by atoms with Crippen LogP contribution in [0.5, 0.6) is 0 Å². The van der Waals surface area contributed by atoms with Crippen LogP contribution in [0.1, 0.15) is 17.5 Å². The Morgan fingerprint density at radius 1 is 1.33 bits per heavy atom. The fraction of sp³-hybridized carbons (Fsp3) is 0.444. The Morgan fingerprint density at radius 2 is 2.08 bits per heavy atom. The topological polar surface area (TPSA) is 59.4 Å². The zero-order valence-corrected chi connectivity index (χ0v) is 14.2. The maximum absolute atomic E-state index is 12.3. The van der Waals surface area contributed by atoms with Crippen LogP contribution in [-0.4, -0.2) is 53.4 Å². The van der Waals surface area contributed by atoms with Crippen LogP contribution in [0, 0.1) is 0 Å². The fourth-order valence-electron chi connectivity index (χ4n) is 3.08. The molecule has 0 spiro atoms. The summed E-state index contributed by atoms with van der Waals surface area (Å²) in [5.74, 6) is 0.0673. The minimum absolute atomic E-state index is 0.0673. The Kier molecular flexibility index (Phi) is 5.27. The summed E-state index contributed by atoms with van der Waals surface area (Å²) in [4.78, 5) is 14.4. The van der Waals surface area contributed by atoms with Crippen molar-refractivity contribution in [2.75, 3.05) is 20.7 Å². The molecule has 0 saturated carbocycles. The van der Waals surface area contributed by atoms with Crippen molar-refractivity contribution >= 4 is 5.91 Å². The van der Waals surface area contributed by atoms with Gasteiger partial charge in [0, 0.05) is 32.6 Å². The Hall–Kier alpha value is -2.18. The van der Waals surface area contributed by atoms with Gasteiger partial charge in [-0.25, -0.2) is 0 Å². The highest BCUT2D eigenvalue weighted by Crippen LogP contribution is 2.18. The molecule has 6 nitrogen and oxygen atoms in total. The van der Waals surface area contributed by atoms with Crippen molar-refractivity contribution < 1.29 is 9.53 Å². The predicted octanol–water partition coefficient (Wildman–Crippen LogP) is 1.27. The lowest BCUT2D eigenvalue weighted by molar-refractivity contribution is -0.125.